The Morgan fingerprint density at radius 3 is 2.45 bits per heavy atom. The molecule has 1 rings (SSSR count). The molecule has 4 nitrogen and oxygen atoms in total. The van der Waals surface area contributed by atoms with Crippen LogP contribution in [-0.4, -0.2) is 56.7 Å². The van der Waals surface area contributed by atoms with E-state index < -0.39 is 0 Å². The molecular weight excluding hydrogens is 250 g/mol. The monoisotopic (exact) mass is 279 g/mol. The second-order valence-electron chi connectivity index (χ2n) is 5.20. The topological polar surface area (TPSA) is 41.7 Å². The van der Waals surface area contributed by atoms with Gasteiger partial charge in [-0.3, -0.25) is 4.90 Å². The van der Waals surface area contributed by atoms with Crippen LogP contribution in [0.2, 0.25) is 0 Å². The van der Waals surface area contributed by atoms with Crippen molar-refractivity contribution in [2.45, 2.75) is 19.9 Å². The Labute approximate surface area is 123 Å². The number of hydrogen-bond donors (Lipinski definition) is 1. The van der Waals surface area contributed by atoms with Gasteiger partial charge in [-0.25, -0.2) is 0 Å². The molecule has 1 aromatic carbocycles. The smallest absolute Gasteiger partial charge is 0.119 e. The molecule has 1 unspecified atom stereocenters. The summed E-state index contributed by atoms with van der Waals surface area (Å²) in [6.07, 6.45) is 0. The predicted molar refractivity (Wildman–Crippen MR) is 85.2 cm³/mol. The van der Waals surface area contributed by atoms with Gasteiger partial charge < -0.3 is 15.4 Å². The van der Waals surface area contributed by atoms with E-state index in [9.17, 15) is 0 Å². The lowest BCUT2D eigenvalue weighted by Gasteiger charge is -2.29. The summed E-state index contributed by atoms with van der Waals surface area (Å²) >= 11 is 0. The molecule has 0 saturated carbocycles. The van der Waals surface area contributed by atoms with Gasteiger partial charge in [-0.15, -0.1) is 0 Å². The Bertz CT molecular complexity index is 378. The lowest BCUT2D eigenvalue weighted by molar-refractivity contribution is 0.222. The third-order valence-corrected chi connectivity index (χ3v) is 3.53. The minimum atomic E-state index is 0.266. The molecule has 0 saturated heterocycles. The molecule has 20 heavy (non-hydrogen) atoms. The van der Waals surface area contributed by atoms with Crippen LogP contribution in [0.4, 0.5) is 0 Å². The second-order valence-corrected chi connectivity index (χ2v) is 5.20. The van der Waals surface area contributed by atoms with E-state index in [1.807, 2.05) is 26.2 Å². The van der Waals surface area contributed by atoms with Gasteiger partial charge >= 0.3 is 0 Å². The molecule has 0 aliphatic rings. The summed E-state index contributed by atoms with van der Waals surface area (Å²) in [6, 6.07) is 8.57. The van der Waals surface area contributed by atoms with Gasteiger partial charge in [0.25, 0.3) is 0 Å². The SMILES string of the molecule is CCN(CC)C(CN)c1cccc(OCCN(C)C)c1. The molecule has 0 aromatic heterocycles. The highest BCUT2D eigenvalue weighted by Crippen LogP contribution is 2.23. The van der Waals surface area contributed by atoms with E-state index in [0.717, 1.165) is 25.4 Å². The Balaban J connectivity index is 2.74. The van der Waals surface area contributed by atoms with Crippen LogP contribution in [0, 0.1) is 0 Å². The zero-order chi connectivity index (χ0) is 15.0. The summed E-state index contributed by atoms with van der Waals surface area (Å²) < 4.78 is 5.80. The van der Waals surface area contributed by atoms with Crippen molar-refractivity contribution in [2.24, 2.45) is 5.73 Å². The fourth-order valence-electron chi connectivity index (χ4n) is 2.32. The summed E-state index contributed by atoms with van der Waals surface area (Å²) in [7, 11) is 4.09. The van der Waals surface area contributed by atoms with Gasteiger partial charge in [-0.1, -0.05) is 26.0 Å². The van der Waals surface area contributed by atoms with Crippen LogP contribution in [0.1, 0.15) is 25.5 Å². The molecule has 0 fully saturated rings. The average molecular weight is 279 g/mol. The van der Waals surface area contributed by atoms with E-state index in [2.05, 4.69) is 35.8 Å². The van der Waals surface area contributed by atoms with Crippen molar-refractivity contribution < 1.29 is 4.74 Å². The summed E-state index contributed by atoms with van der Waals surface area (Å²) in [5, 5.41) is 0. The highest BCUT2D eigenvalue weighted by atomic mass is 16.5. The van der Waals surface area contributed by atoms with Crippen molar-refractivity contribution in [3.8, 4) is 5.75 Å². The predicted octanol–water partition coefficient (Wildman–Crippen LogP) is 1.97. The van der Waals surface area contributed by atoms with Gasteiger partial charge in [0, 0.05) is 19.1 Å². The zero-order valence-electron chi connectivity index (χ0n) is 13.3. The van der Waals surface area contributed by atoms with Crippen molar-refractivity contribution in [2.75, 3.05) is 46.9 Å². The molecule has 0 aliphatic carbocycles. The number of benzene rings is 1. The second kappa shape index (κ2) is 8.95. The van der Waals surface area contributed by atoms with Crippen molar-refractivity contribution >= 4 is 0 Å². The highest BCUT2D eigenvalue weighted by molar-refractivity contribution is 5.31. The number of rotatable bonds is 9. The van der Waals surface area contributed by atoms with E-state index in [0.29, 0.717) is 13.2 Å². The summed E-state index contributed by atoms with van der Waals surface area (Å²) in [5.41, 5.74) is 7.19. The van der Waals surface area contributed by atoms with E-state index in [-0.39, 0.29) is 6.04 Å². The van der Waals surface area contributed by atoms with E-state index in [4.69, 9.17) is 10.5 Å². The molecule has 1 aromatic rings. The lowest BCUT2D eigenvalue weighted by atomic mass is 10.0. The third-order valence-electron chi connectivity index (χ3n) is 3.53. The Hall–Kier alpha value is -1.10. The van der Waals surface area contributed by atoms with E-state index in [1.54, 1.807) is 0 Å². The fraction of sp³-hybridized carbons (Fsp3) is 0.625. The number of nitrogens with zero attached hydrogens (tertiary/aromatic N) is 2. The maximum absolute atomic E-state index is 5.96. The van der Waals surface area contributed by atoms with Gasteiger partial charge in [0.05, 0.1) is 0 Å². The first-order valence-corrected chi connectivity index (χ1v) is 7.43. The summed E-state index contributed by atoms with van der Waals surface area (Å²) in [5.74, 6) is 0.926. The molecule has 0 radical (unpaired) electrons. The minimum Gasteiger partial charge on any atom is -0.492 e. The molecular formula is C16H29N3O. The van der Waals surface area contributed by atoms with E-state index in [1.165, 1.54) is 5.56 Å². The molecule has 0 heterocycles. The van der Waals surface area contributed by atoms with Crippen LogP contribution < -0.4 is 10.5 Å². The van der Waals surface area contributed by atoms with Gasteiger partial charge in [0.1, 0.15) is 12.4 Å². The first kappa shape index (κ1) is 17.0. The Kier molecular flexibility index (Phi) is 7.59. The third kappa shape index (κ3) is 5.12. The standard InChI is InChI=1S/C16H29N3O/c1-5-19(6-2)16(13-17)14-8-7-9-15(12-14)20-11-10-18(3)4/h7-9,12,16H,5-6,10-11,13,17H2,1-4H3. The van der Waals surface area contributed by atoms with Crippen LogP contribution in [0.25, 0.3) is 0 Å². The van der Waals surface area contributed by atoms with Crippen LogP contribution in [-0.2, 0) is 0 Å². The Morgan fingerprint density at radius 1 is 1.20 bits per heavy atom. The average Bonchev–Trinajstić information content (AvgIpc) is 2.44. The molecule has 0 amide bonds. The first-order chi connectivity index (χ1) is 9.62. The normalized spacial score (nSPS) is 12.9. The molecule has 0 bridgehead atoms. The van der Waals surface area contributed by atoms with Crippen molar-refractivity contribution in [3.63, 3.8) is 0 Å². The van der Waals surface area contributed by atoms with Gasteiger partial charge in [-0.05, 0) is 44.9 Å². The highest BCUT2D eigenvalue weighted by Gasteiger charge is 2.16. The van der Waals surface area contributed by atoms with Gasteiger partial charge in [0.2, 0.25) is 0 Å². The van der Waals surface area contributed by atoms with Crippen molar-refractivity contribution in [3.05, 3.63) is 29.8 Å². The van der Waals surface area contributed by atoms with Crippen LogP contribution >= 0.6 is 0 Å². The molecule has 114 valence electrons. The Morgan fingerprint density at radius 2 is 1.90 bits per heavy atom. The molecule has 4 heteroatoms. The number of likely N-dealkylation sites (N-methyl/N-ethyl adjacent to an activating group) is 2. The van der Waals surface area contributed by atoms with Crippen LogP contribution in [0.5, 0.6) is 5.75 Å². The largest absolute Gasteiger partial charge is 0.492 e. The molecule has 0 aliphatic heterocycles. The maximum Gasteiger partial charge on any atom is 0.119 e. The van der Waals surface area contributed by atoms with Gasteiger partial charge in [0.15, 0.2) is 0 Å². The quantitative estimate of drug-likeness (QED) is 0.750. The number of nitrogens with two attached hydrogens (primary N) is 1. The van der Waals surface area contributed by atoms with Crippen LogP contribution in [0.3, 0.4) is 0 Å². The van der Waals surface area contributed by atoms with Crippen LogP contribution in [0.15, 0.2) is 24.3 Å². The first-order valence-electron chi connectivity index (χ1n) is 7.43. The van der Waals surface area contributed by atoms with E-state index >= 15 is 0 Å². The number of ether oxygens (including phenoxy) is 1. The molecule has 0 spiro atoms. The summed E-state index contributed by atoms with van der Waals surface area (Å²) in [6.45, 7) is 8.60. The molecule has 1 atom stereocenters. The maximum atomic E-state index is 5.96. The number of hydrogen-bond acceptors (Lipinski definition) is 4. The fourth-order valence-corrected chi connectivity index (χ4v) is 2.32. The summed E-state index contributed by atoms with van der Waals surface area (Å²) in [4.78, 5) is 4.49. The molecule has 2 N–H and O–H groups in total. The lowest BCUT2D eigenvalue weighted by Crippen LogP contribution is -2.33. The van der Waals surface area contributed by atoms with Crippen molar-refractivity contribution in [1.29, 1.82) is 0 Å². The van der Waals surface area contributed by atoms with Gasteiger partial charge in [-0.2, -0.15) is 0 Å². The minimum absolute atomic E-state index is 0.266. The zero-order valence-corrected chi connectivity index (χ0v) is 13.3. The van der Waals surface area contributed by atoms with Crippen molar-refractivity contribution in [1.82, 2.24) is 9.80 Å².